The Labute approximate surface area is 220 Å². The van der Waals surface area contributed by atoms with Crippen molar-refractivity contribution in [1.29, 1.82) is 0 Å². The highest BCUT2D eigenvalue weighted by Gasteiger charge is 2.30. The van der Waals surface area contributed by atoms with Gasteiger partial charge in [-0.1, -0.05) is 35.2 Å². The van der Waals surface area contributed by atoms with E-state index < -0.39 is 16.0 Å². The number of benzene rings is 3. The van der Waals surface area contributed by atoms with Gasteiger partial charge >= 0.3 is 5.97 Å². The van der Waals surface area contributed by atoms with Gasteiger partial charge in [0.2, 0.25) is 0 Å². The van der Waals surface area contributed by atoms with Crippen LogP contribution in [0.2, 0.25) is 0 Å². The summed E-state index contributed by atoms with van der Waals surface area (Å²) < 4.78 is 25.1. The summed E-state index contributed by atoms with van der Waals surface area (Å²) in [6.07, 6.45) is 0. The summed E-state index contributed by atoms with van der Waals surface area (Å²) in [5, 5.41) is 15.5. The summed E-state index contributed by atoms with van der Waals surface area (Å²) in [4.78, 5) is 33.8. The van der Waals surface area contributed by atoms with E-state index in [1.165, 1.54) is 18.2 Å². The number of nitrogens with one attached hydrogen (secondary N) is 3. The third kappa shape index (κ3) is 5.92. The molecule has 38 heavy (non-hydrogen) atoms. The van der Waals surface area contributed by atoms with Crippen molar-refractivity contribution in [2.45, 2.75) is 11.8 Å². The van der Waals surface area contributed by atoms with Crippen LogP contribution in [-0.4, -0.2) is 57.5 Å². The van der Waals surface area contributed by atoms with Crippen LogP contribution in [0.1, 0.15) is 27.0 Å². The Morgan fingerprint density at radius 3 is 2.37 bits per heavy atom. The maximum absolute atomic E-state index is 13.1. The highest BCUT2D eigenvalue weighted by Crippen LogP contribution is 2.39. The molecule has 0 unspecified atom stereocenters. The van der Waals surface area contributed by atoms with Crippen molar-refractivity contribution < 1.29 is 28.0 Å². The van der Waals surface area contributed by atoms with E-state index in [0.717, 1.165) is 5.56 Å². The second-order valence-corrected chi connectivity index (χ2v) is 10.6. The topological polar surface area (TPSA) is 137 Å². The summed E-state index contributed by atoms with van der Waals surface area (Å²) in [5.41, 5.74) is 3.71. The highest BCUT2D eigenvalue weighted by atomic mass is 32.2. The average Bonchev–Trinajstić information content (AvgIpc) is 3.19. The molecule has 3 aromatic rings. The quantitative estimate of drug-likeness (QED) is 0.176. The smallest absolute Gasteiger partial charge is 0.336 e. The molecule has 0 aromatic heterocycles. The zero-order chi connectivity index (χ0) is 27.4. The zero-order valence-electron chi connectivity index (χ0n) is 21.1. The monoisotopic (exact) mass is 536 g/mol. The fourth-order valence-corrected chi connectivity index (χ4v) is 4.77. The largest absolute Gasteiger partial charge is 0.478 e. The minimum Gasteiger partial charge on any atom is -0.478 e. The lowest BCUT2D eigenvalue weighted by atomic mass is 9.96. The SMILES string of the molecule is Cc1cc2c(cc1C(=O)O)NC(=O)/C2=C(/Nc1ccc(S(=O)(=O)NOCCN(C)C)cc1)c1ccccc1. The maximum Gasteiger partial charge on any atom is 0.336 e. The lowest BCUT2D eigenvalue weighted by Gasteiger charge is -2.16. The number of amides is 1. The molecule has 1 aliphatic rings. The molecular weight excluding hydrogens is 508 g/mol. The van der Waals surface area contributed by atoms with Crippen LogP contribution in [0.3, 0.4) is 0 Å². The number of hydrogen-bond donors (Lipinski definition) is 4. The Bertz CT molecular complexity index is 1500. The molecule has 1 amide bonds. The summed E-state index contributed by atoms with van der Waals surface area (Å²) in [6.45, 7) is 2.42. The molecule has 11 heteroatoms. The Balaban J connectivity index is 1.68. The van der Waals surface area contributed by atoms with E-state index in [-0.39, 0.29) is 23.0 Å². The van der Waals surface area contributed by atoms with Crippen LogP contribution in [0.4, 0.5) is 11.4 Å². The number of aryl methyl sites for hydroxylation is 1. The molecule has 198 valence electrons. The zero-order valence-corrected chi connectivity index (χ0v) is 21.9. The second kappa shape index (κ2) is 11.2. The van der Waals surface area contributed by atoms with Gasteiger partial charge < -0.3 is 20.6 Å². The Morgan fingerprint density at radius 1 is 1.05 bits per heavy atom. The van der Waals surface area contributed by atoms with Crippen LogP contribution in [-0.2, 0) is 19.7 Å². The van der Waals surface area contributed by atoms with Gasteiger partial charge in [-0.2, -0.15) is 0 Å². The van der Waals surface area contributed by atoms with E-state index in [9.17, 15) is 23.1 Å². The van der Waals surface area contributed by atoms with Gasteiger partial charge in [-0.3, -0.25) is 9.63 Å². The first-order valence-electron chi connectivity index (χ1n) is 11.7. The molecular formula is C27H28N4O6S. The number of likely N-dealkylation sites (N-methyl/N-ethyl adjacent to an activating group) is 1. The van der Waals surface area contributed by atoms with E-state index >= 15 is 0 Å². The molecule has 0 fully saturated rings. The van der Waals surface area contributed by atoms with Gasteiger partial charge in [-0.05, 0) is 68.5 Å². The predicted molar refractivity (Wildman–Crippen MR) is 145 cm³/mol. The molecule has 4 N–H and O–H groups in total. The summed E-state index contributed by atoms with van der Waals surface area (Å²) in [5.74, 6) is -1.46. The third-order valence-corrected chi connectivity index (χ3v) is 7.13. The first-order valence-corrected chi connectivity index (χ1v) is 13.2. The molecule has 0 aliphatic carbocycles. The number of hydrogen-bond acceptors (Lipinski definition) is 7. The average molecular weight is 537 g/mol. The van der Waals surface area contributed by atoms with E-state index in [0.29, 0.717) is 40.3 Å². The van der Waals surface area contributed by atoms with Crippen LogP contribution in [0.25, 0.3) is 11.3 Å². The van der Waals surface area contributed by atoms with Crippen molar-refractivity contribution in [3.05, 3.63) is 89.0 Å². The Hall–Kier alpha value is -4.03. The number of fused-ring (bicyclic) bond motifs is 1. The minimum atomic E-state index is -3.88. The number of anilines is 2. The van der Waals surface area contributed by atoms with Gasteiger partial charge in [0, 0.05) is 17.8 Å². The van der Waals surface area contributed by atoms with Crippen LogP contribution >= 0.6 is 0 Å². The summed E-state index contributed by atoms with van der Waals surface area (Å²) >= 11 is 0. The molecule has 0 radical (unpaired) electrons. The standard InChI is InChI=1S/C27H28N4O6S/c1-17-15-22-23(16-21(17)27(33)34)29-26(32)24(22)25(18-7-5-4-6-8-18)28-19-9-11-20(12-10-19)38(35,36)30-37-14-13-31(2)3/h4-12,15-16,28,30H,13-14H2,1-3H3,(H,29,32)(H,33,34)/b25-24+. The van der Waals surface area contributed by atoms with Gasteiger partial charge in [-0.25, -0.2) is 13.2 Å². The molecule has 4 rings (SSSR count). The minimum absolute atomic E-state index is 0.0163. The lowest BCUT2D eigenvalue weighted by Crippen LogP contribution is -2.28. The van der Waals surface area contributed by atoms with E-state index in [4.69, 9.17) is 4.84 Å². The van der Waals surface area contributed by atoms with E-state index in [1.54, 1.807) is 25.1 Å². The molecule has 1 heterocycles. The van der Waals surface area contributed by atoms with E-state index in [2.05, 4.69) is 15.5 Å². The molecule has 3 aromatic carbocycles. The summed E-state index contributed by atoms with van der Waals surface area (Å²) in [6, 6.07) is 18.4. The Morgan fingerprint density at radius 2 is 1.74 bits per heavy atom. The van der Waals surface area contributed by atoms with Crippen molar-refractivity contribution in [3.8, 4) is 0 Å². The van der Waals surface area contributed by atoms with Gasteiger partial charge in [0.1, 0.15) is 0 Å². The van der Waals surface area contributed by atoms with E-state index in [1.807, 2.05) is 49.3 Å². The maximum atomic E-state index is 13.1. The number of carboxylic acid groups (broad SMARTS) is 1. The second-order valence-electron chi connectivity index (χ2n) is 8.98. The van der Waals surface area contributed by atoms with Crippen LogP contribution in [0.5, 0.6) is 0 Å². The van der Waals surface area contributed by atoms with Gasteiger partial charge in [0.05, 0.1) is 34.0 Å². The van der Waals surface area contributed by atoms with Crippen LogP contribution in [0.15, 0.2) is 71.6 Å². The number of carbonyl (C=O) groups excluding carboxylic acids is 1. The number of sulfonamides is 1. The molecule has 0 saturated heterocycles. The number of nitrogens with zero attached hydrogens (tertiary/aromatic N) is 1. The number of rotatable bonds is 10. The highest BCUT2D eigenvalue weighted by molar-refractivity contribution is 7.89. The number of carbonyl (C=O) groups is 2. The number of carboxylic acids is 1. The van der Waals surface area contributed by atoms with Gasteiger partial charge in [0.15, 0.2) is 0 Å². The molecule has 0 saturated carbocycles. The third-order valence-electron chi connectivity index (χ3n) is 5.90. The fourth-order valence-electron chi connectivity index (χ4n) is 3.95. The van der Waals surface area contributed by atoms with Crippen molar-refractivity contribution >= 4 is 44.5 Å². The molecule has 0 spiro atoms. The summed E-state index contributed by atoms with van der Waals surface area (Å²) in [7, 11) is -0.174. The lowest BCUT2D eigenvalue weighted by molar-refractivity contribution is -0.110. The molecule has 1 aliphatic heterocycles. The van der Waals surface area contributed by atoms with Gasteiger partial charge in [0.25, 0.3) is 15.9 Å². The van der Waals surface area contributed by atoms with Gasteiger partial charge in [-0.15, -0.1) is 0 Å². The van der Waals surface area contributed by atoms with Crippen molar-refractivity contribution in [2.75, 3.05) is 37.9 Å². The van der Waals surface area contributed by atoms with Crippen molar-refractivity contribution in [2.24, 2.45) is 0 Å². The Kier molecular flexibility index (Phi) is 7.93. The molecule has 0 bridgehead atoms. The first kappa shape index (κ1) is 27.0. The van der Waals surface area contributed by atoms with Crippen LogP contribution in [0, 0.1) is 6.92 Å². The fraction of sp³-hybridized carbons (Fsp3) is 0.185. The number of aromatic carboxylic acids is 1. The molecule has 0 atom stereocenters. The van der Waals surface area contributed by atoms with Crippen LogP contribution < -0.4 is 15.5 Å². The van der Waals surface area contributed by atoms with Crippen molar-refractivity contribution in [1.82, 2.24) is 9.79 Å². The molecule has 10 nitrogen and oxygen atoms in total. The van der Waals surface area contributed by atoms with Crippen molar-refractivity contribution in [3.63, 3.8) is 0 Å². The first-order chi connectivity index (χ1) is 18.1. The predicted octanol–water partition coefficient (Wildman–Crippen LogP) is 3.40. The normalized spacial score (nSPS) is 14.3.